The van der Waals surface area contributed by atoms with Crippen LogP contribution in [-0.4, -0.2) is 82.0 Å². The molecule has 5 atom stereocenters. The lowest BCUT2D eigenvalue weighted by Gasteiger charge is -2.25. The number of aromatic amines is 1. The van der Waals surface area contributed by atoms with Crippen LogP contribution in [0.1, 0.15) is 19.6 Å². The molecular weight excluding hydrogens is 481 g/mol. The maximum atomic E-state index is 13.2. The van der Waals surface area contributed by atoms with Crippen LogP contribution < -0.4 is 5.56 Å². The van der Waals surface area contributed by atoms with E-state index in [1.807, 2.05) is 6.07 Å². The van der Waals surface area contributed by atoms with Gasteiger partial charge in [0.2, 0.25) is 5.95 Å². The average molecular weight is 509 g/mol. The second-order valence-electron chi connectivity index (χ2n) is 7.87. The Labute approximate surface area is 201 Å². The summed E-state index contributed by atoms with van der Waals surface area (Å²) in [6, 6.07) is 1.89. The van der Waals surface area contributed by atoms with Crippen molar-refractivity contribution < 1.29 is 28.0 Å². The van der Waals surface area contributed by atoms with Crippen molar-refractivity contribution in [2.45, 2.75) is 31.8 Å². The Morgan fingerprint density at radius 2 is 2.26 bits per heavy atom. The van der Waals surface area contributed by atoms with Crippen LogP contribution in [0.15, 0.2) is 28.8 Å². The van der Waals surface area contributed by atoms with Crippen LogP contribution in [0, 0.1) is 17.2 Å². The van der Waals surface area contributed by atoms with Crippen molar-refractivity contribution >= 4 is 31.3 Å². The lowest BCUT2D eigenvalue weighted by Crippen LogP contribution is -2.31. The summed E-state index contributed by atoms with van der Waals surface area (Å²) in [4.78, 5) is 29.4. The van der Waals surface area contributed by atoms with Crippen molar-refractivity contribution in [3.63, 3.8) is 0 Å². The number of aliphatic imine (C=N–C) groups is 1. The van der Waals surface area contributed by atoms with Crippen molar-refractivity contribution in [2.24, 2.45) is 10.9 Å². The minimum absolute atomic E-state index is 0.0204. The number of hydrogen-bond donors (Lipinski definition) is 2. The van der Waals surface area contributed by atoms with E-state index in [9.17, 15) is 14.5 Å². The Balaban J connectivity index is 1.92. The highest BCUT2D eigenvalue weighted by molar-refractivity contribution is 7.48. The number of phosphoric acid groups is 1. The molecule has 1 aliphatic heterocycles. The van der Waals surface area contributed by atoms with Crippen molar-refractivity contribution in [1.82, 2.24) is 24.4 Å². The first-order valence-electron chi connectivity index (χ1n) is 10.7. The number of H-pyrrole nitrogens is 1. The maximum Gasteiger partial charge on any atom is 0.475 e. The van der Waals surface area contributed by atoms with E-state index in [1.165, 1.54) is 23.3 Å². The van der Waals surface area contributed by atoms with Gasteiger partial charge in [-0.25, -0.2) is 14.5 Å². The number of imidazole rings is 1. The van der Waals surface area contributed by atoms with E-state index >= 15 is 0 Å². The summed E-state index contributed by atoms with van der Waals surface area (Å²) in [7, 11) is -0.575. The zero-order chi connectivity index (χ0) is 25.6. The van der Waals surface area contributed by atoms with Crippen molar-refractivity contribution in [3.05, 3.63) is 29.3 Å². The van der Waals surface area contributed by atoms with Gasteiger partial charge in [-0.15, -0.1) is 6.58 Å². The van der Waals surface area contributed by atoms with E-state index in [4.69, 9.17) is 23.6 Å². The van der Waals surface area contributed by atoms with Gasteiger partial charge >= 0.3 is 7.82 Å². The molecule has 2 N–H and O–H groups in total. The van der Waals surface area contributed by atoms with Gasteiger partial charge in [0.05, 0.1) is 45.0 Å². The Bertz CT molecular complexity index is 1200. The number of ether oxygens (including phenoxy) is 1. The Morgan fingerprint density at radius 3 is 2.91 bits per heavy atom. The smallest absolute Gasteiger partial charge is 0.394 e. The molecule has 2 aromatic rings. The van der Waals surface area contributed by atoms with Gasteiger partial charge in [-0.3, -0.25) is 27.9 Å². The monoisotopic (exact) mass is 509 g/mol. The minimum Gasteiger partial charge on any atom is -0.394 e. The largest absolute Gasteiger partial charge is 0.475 e. The molecule has 1 saturated heterocycles. The molecule has 0 aliphatic carbocycles. The number of fused-ring (bicyclic) bond motifs is 1. The van der Waals surface area contributed by atoms with Crippen molar-refractivity contribution in [1.29, 1.82) is 5.26 Å². The third kappa shape index (κ3) is 6.21. The van der Waals surface area contributed by atoms with Crippen LogP contribution in [-0.2, 0) is 22.9 Å². The molecule has 14 nitrogen and oxygen atoms in total. The van der Waals surface area contributed by atoms with E-state index in [2.05, 4.69) is 26.5 Å². The van der Waals surface area contributed by atoms with E-state index in [1.54, 1.807) is 25.9 Å². The minimum atomic E-state index is -4.12. The molecule has 1 fully saturated rings. The first-order valence-corrected chi connectivity index (χ1v) is 12.2. The topological polar surface area (TPSA) is 177 Å². The number of aromatic nitrogens is 4. The molecule has 0 spiro atoms. The molecule has 35 heavy (non-hydrogen) atoms. The molecule has 2 unspecified atom stereocenters. The fourth-order valence-electron chi connectivity index (χ4n) is 3.44. The molecule has 15 heteroatoms. The first-order chi connectivity index (χ1) is 16.7. The number of hydrogen-bond acceptors (Lipinski definition) is 11. The zero-order valence-electron chi connectivity index (χ0n) is 19.6. The summed E-state index contributed by atoms with van der Waals surface area (Å²) in [5.41, 5.74) is -0.190. The molecule has 0 amide bonds. The fourth-order valence-corrected chi connectivity index (χ4v) is 4.86. The lowest BCUT2D eigenvalue weighted by atomic mass is 10.0. The van der Waals surface area contributed by atoms with Gasteiger partial charge in [-0.05, 0) is 0 Å². The van der Waals surface area contributed by atoms with Gasteiger partial charge in [0.1, 0.15) is 18.4 Å². The summed E-state index contributed by atoms with van der Waals surface area (Å²) in [6.45, 7) is 4.53. The van der Waals surface area contributed by atoms with Crippen LogP contribution in [0.25, 0.3) is 11.2 Å². The van der Waals surface area contributed by atoms with Crippen molar-refractivity contribution in [2.75, 3.05) is 33.9 Å². The van der Waals surface area contributed by atoms with Crippen LogP contribution in [0.4, 0.5) is 5.95 Å². The molecule has 2 aromatic heterocycles. The van der Waals surface area contributed by atoms with E-state index in [-0.39, 0.29) is 36.7 Å². The summed E-state index contributed by atoms with van der Waals surface area (Å²) in [5.74, 6) is -0.442. The van der Waals surface area contributed by atoms with Gasteiger partial charge < -0.3 is 14.7 Å². The van der Waals surface area contributed by atoms with E-state index in [0.29, 0.717) is 0 Å². The number of aliphatic hydroxyl groups is 1. The van der Waals surface area contributed by atoms with E-state index < -0.39 is 44.3 Å². The molecule has 0 aromatic carbocycles. The molecule has 0 bridgehead atoms. The second-order valence-corrected chi connectivity index (χ2v) is 9.49. The van der Waals surface area contributed by atoms with Crippen molar-refractivity contribution in [3.8, 4) is 6.07 Å². The van der Waals surface area contributed by atoms with E-state index in [0.717, 1.165) is 0 Å². The summed E-state index contributed by atoms with van der Waals surface area (Å²) < 4.78 is 36.9. The van der Waals surface area contributed by atoms with Gasteiger partial charge in [0, 0.05) is 20.0 Å². The number of aliphatic hydroxyl groups excluding tert-OH is 1. The average Bonchev–Trinajstić information content (AvgIpc) is 3.38. The lowest BCUT2D eigenvalue weighted by molar-refractivity contribution is -0.0460. The number of nitrogens with zero attached hydrogens (tertiary/aromatic N) is 6. The second kappa shape index (κ2) is 11.7. The number of phosphoric ester groups is 1. The first kappa shape index (κ1) is 26.7. The molecule has 0 saturated carbocycles. The zero-order valence-corrected chi connectivity index (χ0v) is 20.5. The van der Waals surface area contributed by atoms with Crippen LogP contribution in [0.5, 0.6) is 0 Å². The molecule has 1 aliphatic rings. The Hall–Kier alpha value is -2.92. The predicted molar refractivity (Wildman–Crippen MR) is 125 cm³/mol. The quantitative estimate of drug-likeness (QED) is 0.139. The highest BCUT2D eigenvalue weighted by Crippen LogP contribution is 2.54. The van der Waals surface area contributed by atoms with Crippen LogP contribution >= 0.6 is 7.82 Å². The molecule has 190 valence electrons. The normalized spacial score (nSPS) is 24.0. The third-order valence-electron chi connectivity index (χ3n) is 5.00. The maximum absolute atomic E-state index is 13.2. The van der Waals surface area contributed by atoms with Gasteiger partial charge in [-0.2, -0.15) is 10.2 Å². The summed E-state index contributed by atoms with van der Waals surface area (Å²) in [6.07, 6.45) is 1.62. The van der Waals surface area contributed by atoms with Gasteiger partial charge in [-0.1, -0.05) is 13.0 Å². The summed E-state index contributed by atoms with van der Waals surface area (Å²) in [5, 5.41) is 18.7. The third-order valence-corrected chi connectivity index (χ3v) is 6.46. The fraction of sp³-hybridized carbons (Fsp3) is 0.550. The molecule has 3 heterocycles. The van der Waals surface area contributed by atoms with Crippen LogP contribution in [0.3, 0.4) is 0 Å². The van der Waals surface area contributed by atoms with Gasteiger partial charge in [0.15, 0.2) is 11.2 Å². The standard InChI is InChI=1S/C20H28N7O7P/c1-5-8-31-35(30,32-9-6-7-21)34-16-13(2)19(33-14(16)10-28)27-12-22-15-17(27)24-20(25-18(15)29)23-11-26(3)4/h5,11-14,16,19,28H,1,6,8-10H2,2-4H3,(H,24,25,29)/t13-,14+,16?,19+,35?/m0/s1. The SMILES string of the molecule is C=CCOP(=O)(OCCC#N)OC1[C@@H](CO)O[C@@H](n2cnc3c(=O)[nH]c(N=CN(C)C)nc32)[C@H]1C. The number of nitriles is 1. The predicted octanol–water partition coefficient (Wildman–Crippen LogP) is 1.49. The summed E-state index contributed by atoms with van der Waals surface area (Å²) >= 11 is 0. The number of rotatable bonds is 12. The molecule has 0 radical (unpaired) electrons. The molecular formula is C20H28N7O7P. The van der Waals surface area contributed by atoms with Gasteiger partial charge in [0.25, 0.3) is 5.56 Å². The highest BCUT2D eigenvalue weighted by atomic mass is 31.2. The highest BCUT2D eigenvalue weighted by Gasteiger charge is 2.48. The number of nitrogens with one attached hydrogen (secondary N) is 1. The Kier molecular flexibility index (Phi) is 8.90. The Morgan fingerprint density at radius 1 is 1.49 bits per heavy atom. The van der Waals surface area contributed by atoms with Crippen LogP contribution in [0.2, 0.25) is 0 Å². The molecule has 3 rings (SSSR count).